The second-order valence-electron chi connectivity index (χ2n) is 5.74. The number of carboxylic acids is 1. The molecule has 2 aliphatic rings. The third kappa shape index (κ3) is 3.33. The number of hydrogen-bond donors (Lipinski definition) is 1. The van der Waals surface area contributed by atoms with Gasteiger partial charge in [0.1, 0.15) is 6.04 Å². The van der Waals surface area contributed by atoms with E-state index in [9.17, 15) is 14.4 Å². The maximum atomic E-state index is 12.6. The van der Waals surface area contributed by atoms with Gasteiger partial charge in [0.2, 0.25) is 11.8 Å². The van der Waals surface area contributed by atoms with Crippen molar-refractivity contribution in [3.05, 3.63) is 0 Å². The maximum absolute atomic E-state index is 12.6. The zero-order chi connectivity index (χ0) is 15.6. The van der Waals surface area contributed by atoms with Gasteiger partial charge >= 0.3 is 5.97 Å². The average molecular weight is 314 g/mol. The molecule has 0 spiro atoms. The van der Waals surface area contributed by atoms with Crippen LogP contribution in [0.15, 0.2) is 0 Å². The van der Waals surface area contributed by atoms with Crippen LogP contribution in [0.1, 0.15) is 26.7 Å². The Morgan fingerprint density at radius 1 is 1.38 bits per heavy atom. The molecule has 3 unspecified atom stereocenters. The molecule has 2 rings (SSSR count). The van der Waals surface area contributed by atoms with Crippen LogP contribution in [-0.2, 0) is 14.4 Å². The number of aliphatic carboxylic acids is 1. The second-order valence-corrected chi connectivity index (χ2v) is 6.74. The molecule has 0 aliphatic carbocycles. The van der Waals surface area contributed by atoms with Crippen molar-refractivity contribution >= 4 is 29.5 Å². The smallest absolute Gasteiger partial charge is 0.308 e. The van der Waals surface area contributed by atoms with E-state index in [4.69, 9.17) is 5.11 Å². The number of nitrogens with zero attached hydrogens (tertiary/aromatic N) is 2. The molecule has 0 aromatic rings. The Bertz CT molecular complexity index is 443. The molecule has 2 fully saturated rings. The van der Waals surface area contributed by atoms with Crippen molar-refractivity contribution in [2.45, 2.75) is 32.7 Å². The van der Waals surface area contributed by atoms with Crippen molar-refractivity contribution in [1.82, 2.24) is 9.80 Å². The first-order valence-electron chi connectivity index (χ1n) is 7.35. The number of thioether (sulfide) groups is 1. The third-order valence-electron chi connectivity index (χ3n) is 4.33. The summed E-state index contributed by atoms with van der Waals surface area (Å²) in [7, 11) is 0. The zero-order valence-electron chi connectivity index (χ0n) is 12.4. The van der Waals surface area contributed by atoms with E-state index < -0.39 is 17.9 Å². The van der Waals surface area contributed by atoms with Gasteiger partial charge in [-0.05, 0) is 12.8 Å². The average Bonchev–Trinajstić information content (AvgIpc) is 3.13. The number of amides is 2. The van der Waals surface area contributed by atoms with Crippen molar-refractivity contribution < 1.29 is 19.5 Å². The van der Waals surface area contributed by atoms with Gasteiger partial charge in [-0.25, -0.2) is 0 Å². The SMILES string of the molecule is CCC(C)C(=O)N1CSCC1C(=O)N1CCC(C(=O)O)C1. The van der Waals surface area contributed by atoms with E-state index in [1.54, 1.807) is 21.6 Å². The van der Waals surface area contributed by atoms with Crippen molar-refractivity contribution in [3.63, 3.8) is 0 Å². The highest BCUT2D eigenvalue weighted by Gasteiger charge is 2.40. The van der Waals surface area contributed by atoms with Gasteiger partial charge in [-0.15, -0.1) is 11.8 Å². The Morgan fingerprint density at radius 2 is 2.10 bits per heavy atom. The molecule has 118 valence electrons. The quantitative estimate of drug-likeness (QED) is 0.833. The lowest BCUT2D eigenvalue weighted by atomic mass is 10.1. The van der Waals surface area contributed by atoms with Gasteiger partial charge in [0.25, 0.3) is 0 Å². The summed E-state index contributed by atoms with van der Waals surface area (Å²) < 4.78 is 0. The van der Waals surface area contributed by atoms with Crippen LogP contribution in [0.3, 0.4) is 0 Å². The molecule has 21 heavy (non-hydrogen) atoms. The Balaban J connectivity index is 2.01. The standard InChI is InChI=1S/C14H22N2O4S/c1-3-9(2)12(17)16-8-21-7-11(16)13(18)15-5-4-10(6-15)14(19)20/h9-11H,3-8H2,1-2H3,(H,19,20). The Hall–Kier alpha value is -1.24. The molecule has 0 bridgehead atoms. The fourth-order valence-corrected chi connectivity index (χ4v) is 3.85. The zero-order valence-corrected chi connectivity index (χ0v) is 13.3. The first-order chi connectivity index (χ1) is 9.95. The molecular weight excluding hydrogens is 292 g/mol. The minimum absolute atomic E-state index is 0.0230. The maximum Gasteiger partial charge on any atom is 0.308 e. The summed E-state index contributed by atoms with van der Waals surface area (Å²) in [5, 5.41) is 9.02. The molecule has 0 saturated carbocycles. The Kier molecular flexibility index (Phi) is 5.13. The van der Waals surface area contributed by atoms with Gasteiger partial charge in [-0.3, -0.25) is 14.4 Å². The van der Waals surface area contributed by atoms with Crippen molar-refractivity contribution in [1.29, 1.82) is 0 Å². The van der Waals surface area contributed by atoms with Crippen LogP contribution in [0.2, 0.25) is 0 Å². The van der Waals surface area contributed by atoms with Gasteiger partial charge in [-0.2, -0.15) is 0 Å². The van der Waals surface area contributed by atoms with Gasteiger partial charge in [-0.1, -0.05) is 13.8 Å². The van der Waals surface area contributed by atoms with E-state index >= 15 is 0 Å². The molecule has 2 saturated heterocycles. The van der Waals surface area contributed by atoms with Crippen LogP contribution < -0.4 is 0 Å². The van der Waals surface area contributed by atoms with Crippen LogP contribution in [0.5, 0.6) is 0 Å². The van der Waals surface area contributed by atoms with Crippen molar-refractivity contribution in [3.8, 4) is 0 Å². The first kappa shape index (κ1) is 16.1. The van der Waals surface area contributed by atoms with Crippen LogP contribution in [0.25, 0.3) is 0 Å². The van der Waals surface area contributed by atoms with Crippen LogP contribution >= 0.6 is 11.8 Å². The number of hydrogen-bond acceptors (Lipinski definition) is 4. The number of likely N-dealkylation sites (tertiary alicyclic amines) is 1. The monoisotopic (exact) mass is 314 g/mol. The molecule has 6 nitrogen and oxygen atoms in total. The fourth-order valence-electron chi connectivity index (χ4n) is 2.69. The fraction of sp³-hybridized carbons (Fsp3) is 0.786. The van der Waals surface area contributed by atoms with Gasteiger partial charge in [0.05, 0.1) is 11.8 Å². The molecular formula is C14H22N2O4S. The first-order valence-corrected chi connectivity index (χ1v) is 8.51. The van der Waals surface area contributed by atoms with E-state index in [-0.39, 0.29) is 24.3 Å². The van der Waals surface area contributed by atoms with Crippen molar-refractivity contribution in [2.24, 2.45) is 11.8 Å². The van der Waals surface area contributed by atoms with Crippen molar-refractivity contribution in [2.75, 3.05) is 24.7 Å². The lowest BCUT2D eigenvalue weighted by Gasteiger charge is -2.28. The highest BCUT2D eigenvalue weighted by atomic mass is 32.2. The number of rotatable bonds is 4. The molecule has 2 amide bonds. The van der Waals surface area contributed by atoms with Crippen LogP contribution in [0.4, 0.5) is 0 Å². The van der Waals surface area contributed by atoms with E-state index in [1.807, 2.05) is 13.8 Å². The lowest BCUT2D eigenvalue weighted by Crippen LogP contribution is -2.49. The minimum atomic E-state index is -0.848. The van der Waals surface area contributed by atoms with Gasteiger partial charge < -0.3 is 14.9 Å². The predicted octanol–water partition coefficient (Wildman–Crippen LogP) is 0.867. The summed E-state index contributed by atoms with van der Waals surface area (Å²) in [4.78, 5) is 39.1. The molecule has 2 aliphatic heterocycles. The van der Waals surface area contributed by atoms with Crippen LogP contribution in [-0.4, -0.2) is 63.5 Å². The van der Waals surface area contributed by atoms with Crippen LogP contribution in [0, 0.1) is 11.8 Å². The van der Waals surface area contributed by atoms with E-state index in [2.05, 4.69) is 0 Å². The largest absolute Gasteiger partial charge is 0.481 e. The molecule has 2 heterocycles. The molecule has 1 N–H and O–H groups in total. The minimum Gasteiger partial charge on any atom is -0.481 e. The molecule has 7 heteroatoms. The van der Waals surface area contributed by atoms with E-state index in [0.29, 0.717) is 24.6 Å². The summed E-state index contributed by atoms with van der Waals surface area (Å²) in [6.07, 6.45) is 1.26. The predicted molar refractivity (Wildman–Crippen MR) is 79.7 cm³/mol. The summed E-state index contributed by atoms with van der Waals surface area (Å²) in [6.45, 7) is 4.58. The molecule has 0 aromatic carbocycles. The summed E-state index contributed by atoms with van der Waals surface area (Å²) in [5.41, 5.74) is 0. The van der Waals surface area contributed by atoms with Gasteiger partial charge in [0, 0.05) is 24.8 Å². The summed E-state index contributed by atoms with van der Waals surface area (Å²) >= 11 is 1.58. The highest BCUT2D eigenvalue weighted by Crippen LogP contribution is 2.27. The summed E-state index contributed by atoms with van der Waals surface area (Å²) in [5.74, 6) is -0.315. The van der Waals surface area contributed by atoms with E-state index in [0.717, 1.165) is 6.42 Å². The molecule has 0 aromatic heterocycles. The Labute approximate surface area is 128 Å². The normalized spacial score (nSPS) is 27.0. The van der Waals surface area contributed by atoms with Gasteiger partial charge in [0.15, 0.2) is 0 Å². The number of carbonyl (C=O) groups is 3. The topological polar surface area (TPSA) is 77.9 Å². The Morgan fingerprint density at radius 3 is 2.67 bits per heavy atom. The molecule has 3 atom stereocenters. The lowest BCUT2D eigenvalue weighted by molar-refractivity contribution is -0.145. The molecule has 0 radical (unpaired) electrons. The van der Waals surface area contributed by atoms with E-state index in [1.165, 1.54) is 0 Å². The number of carboxylic acid groups (broad SMARTS) is 1. The summed E-state index contributed by atoms with van der Waals surface area (Å²) in [6, 6.07) is -0.427. The third-order valence-corrected chi connectivity index (χ3v) is 5.35. The number of carbonyl (C=O) groups excluding carboxylic acids is 2. The highest BCUT2D eigenvalue weighted by molar-refractivity contribution is 7.99. The second kappa shape index (κ2) is 6.68.